The molecule has 86 valence electrons. The highest BCUT2D eigenvalue weighted by atomic mass is 79.9. The Bertz CT molecular complexity index is 410. The van der Waals surface area contributed by atoms with Gasteiger partial charge in [-0.1, -0.05) is 0 Å². The van der Waals surface area contributed by atoms with Crippen molar-refractivity contribution in [3.05, 3.63) is 28.5 Å². The van der Waals surface area contributed by atoms with Crippen LogP contribution in [0.4, 0.5) is 0 Å². The van der Waals surface area contributed by atoms with E-state index in [-0.39, 0.29) is 5.56 Å². The number of amides is 1. The van der Waals surface area contributed by atoms with Gasteiger partial charge in [0.05, 0.1) is 24.2 Å². The minimum Gasteiger partial charge on any atom is -0.548 e. The van der Waals surface area contributed by atoms with Crippen LogP contribution >= 0.6 is 15.9 Å². The zero-order chi connectivity index (χ0) is 12.1. The first-order chi connectivity index (χ1) is 7.54. The lowest BCUT2D eigenvalue weighted by Crippen LogP contribution is -2.50. The van der Waals surface area contributed by atoms with Crippen LogP contribution in [0.1, 0.15) is 10.4 Å². The number of aliphatic hydroxyl groups excluding tert-OH is 1. The Kier molecular flexibility index (Phi) is 4.39. The average Bonchev–Trinajstić information content (AvgIpc) is 2.25. The van der Waals surface area contributed by atoms with Gasteiger partial charge in [-0.2, -0.15) is 0 Å². The molecule has 7 heteroatoms. The van der Waals surface area contributed by atoms with Crippen LogP contribution in [-0.2, 0) is 4.79 Å². The van der Waals surface area contributed by atoms with Crippen molar-refractivity contribution in [1.82, 2.24) is 10.3 Å². The predicted octanol–water partition coefficient (Wildman–Crippen LogP) is -1.32. The van der Waals surface area contributed by atoms with E-state index in [1.807, 2.05) is 0 Å². The summed E-state index contributed by atoms with van der Waals surface area (Å²) in [5.41, 5.74) is 0.189. The van der Waals surface area contributed by atoms with Gasteiger partial charge >= 0.3 is 0 Å². The van der Waals surface area contributed by atoms with Crippen molar-refractivity contribution in [2.24, 2.45) is 0 Å². The van der Waals surface area contributed by atoms with Crippen molar-refractivity contribution in [2.75, 3.05) is 6.61 Å². The molecule has 0 aliphatic heterocycles. The predicted molar refractivity (Wildman–Crippen MR) is 55.3 cm³/mol. The number of hydrogen-bond acceptors (Lipinski definition) is 5. The summed E-state index contributed by atoms with van der Waals surface area (Å²) >= 11 is 3.12. The van der Waals surface area contributed by atoms with E-state index in [1.165, 1.54) is 18.5 Å². The number of rotatable bonds is 4. The fourth-order valence-electron chi connectivity index (χ4n) is 0.957. The molecule has 0 saturated carbocycles. The molecule has 0 saturated heterocycles. The number of carboxylic acid groups (broad SMARTS) is 1. The van der Waals surface area contributed by atoms with Crippen LogP contribution in [0.15, 0.2) is 22.9 Å². The standard InChI is InChI=1S/C9H9BrN2O4/c10-6-1-5(2-11-3-6)8(14)12-7(4-13)9(15)16/h1-3,7,13H,4H2,(H,12,14)(H,15,16)/p-1/t7-/m1/s1. The van der Waals surface area contributed by atoms with Gasteiger partial charge in [0.15, 0.2) is 0 Å². The Hall–Kier alpha value is -1.47. The van der Waals surface area contributed by atoms with E-state index in [9.17, 15) is 14.7 Å². The average molecular weight is 288 g/mol. The van der Waals surface area contributed by atoms with E-state index in [0.29, 0.717) is 4.47 Å². The molecule has 0 aliphatic carbocycles. The molecule has 1 heterocycles. The lowest BCUT2D eigenvalue weighted by atomic mass is 10.2. The number of carbonyl (C=O) groups excluding carboxylic acids is 2. The van der Waals surface area contributed by atoms with Gasteiger partial charge in [0, 0.05) is 16.9 Å². The number of nitrogens with one attached hydrogen (secondary N) is 1. The SMILES string of the molecule is O=C(N[C@H](CO)C(=O)[O-])c1cncc(Br)c1. The van der Waals surface area contributed by atoms with Crippen molar-refractivity contribution in [1.29, 1.82) is 0 Å². The molecule has 0 aliphatic rings. The summed E-state index contributed by atoms with van der Waals surface area (Å²) in [6, 6.07) is 0.0537. The summed E-state index contributed by atoms with van der Waals surface area (Å²) in [5, 5.41) is 21.2. The van der Waals surface area contributed by atoms with Crippen LogP contribution in [0.2, 0.25) is 0 Å². The summed E-state index contributed by atoms with van der Waals surface area (Å²) in [4.78, 5) is 25.7. The highest BCUT2D eigenvalue weighted by Crippen LogP contribution is 2.09. The molecule has 1 rings (SSSR count). The third-order valence-corrected chi connectivity index (χ3v) is 2.17. The lowest BCUT2D eigenvalue weighted by Gasteiger charge is -2.16. The molecule has 0 spiro atoms. The maximum atomic E-state index is 11.5. The lowest BCUT2D eigenvalue weighted by molar-refractivity contribution is -0.308. The maximum absolute atomic E-state index is 11.5. The van der Waals surface area contributed by atoms with Crippen LogP contribution < -0.4 is 10.4 Å². The number of aromatic nitrogens is 1. The Balaban J connectivity index is 2.75. The molecule has 16 heavy (non-hydrogen) atoms. The Morgan fingerprint density at radius 3 is 2.75 bits per heavy atom. The summed E-state index contributed by atoms with van der Waals surface area (Å²) in [5.74, 6) is -2.18. The van der Waals surface area contributed by atoms with Crippen LogP contribution in [-0.4, -0.2) is 34.6 Å². The van der Waals surface area contributed by atoms with E-state index in [0.717, 1.165) is 0 Å². The van der Waals surface area contributed by atoms with E-state index < -0.39 is 24.5 Å². The second-order valence-electron chi connectivity index (χ2n) is 2.92. The number of carboxylic acids is 1. The van der Waals surface area contributed by atoms with E-state index in [4.69, 9.17) is 5.11 Å². The first kappa shape index (κ1) is 12.6. The third kappa shape index (κ3) is 3.28. The molecule has 1 aromatic rings. The number of halogens is 1. The Labute approximate surface area is 99.4 Å². The van der Waals surface area contributed by atoms with Gasteiger partial charge in [-0.05, 0) is 22.0 Å². The van der Waals surface area contributed by atoms with Gasteiger partial charge in [0.25, 0.3) is 5.91 Å². The first-order valence-electron chi connectivity index (χ1n) is 4.27. The smallest absolute Gasteiger partial charge is 0.253 e. The van der Waals surface area contributed by atoms with Gasteiger partial charge in [-0.3, -0.25) is 9.78 Å². The van der Waals surface area contributed by atoms with E-state index in [1.54, 1.807) is 0 Å². The highest BCUT2D eigenvalue weighted by Gasteiger charge is 2.14. The van der Waals surface area contributed by atoms with Crippen molar-refractivity contribution in [3.8, 4) is 0 Å². The summed E-state index contributed by atoms with van der Waals surface area (Å²) in [6.07, 6.45) is 2.77. The zero-order valence-corrected chi connectivity index (χ0v) is 9.60. The van der Waals surface area contributed by atoms with Gasteiger partial charge < -0.3 is 20.3 Å². The van der Waals surface area contributed by atoms with Crippen LogP contribution in [0, 0.1) is 0 Å². The molecular formula is C9H8BrN2O4-. The molecular weight excluding hydrogens is 280 g/mol. The fraction of sp³-hybridized carbons (Fsp3) is 0.222. The normalized spacial score (nSPS) is 11.9. The molecule has 2 N–H and O–H groups in total. The number of hydrogen-bond donors (Lipinski definition) is 2. The summed E-state index contributed by atoms with van der Waals surface area (Å²) in [6.45, 7) is -0.727. The van der Waals surface area contributed by atoms with Crippen molar-refractivity contribution in [3.63, 3.8) is 0 Å². The number of nitrogens with zero attached hydrogens (tertiary/aromatic N) is 1. The molecule has 0 bridgehead atoms. The topological polar surface area (TPSA) is 102 Å². The van der Waals surface area contributed by atoms with E-state index >= 15 is 0 Å². The van der Waals surface area contributed by atoms with Crippen LogP contribution in [0.5, 0.6) is 0 Å². The van der Waals surface area contributed by atoms with Crippen molar-refractivity contribution < 1.29 is 19.8 Å². The molecule has 0 radical (unpaired) electrons. The van der Waals surface area contributed by atoms with Gasteiger partial charge in [0.1, 0.15) is 0 Å². The largest absolute Gasteiger partial charge is 0.548 e. The number of carbonyl (C=O) groups is 2. The second-order valence-corrected chi connectivity index (χ2v) is 3.84. The Morgan fingerprint density at radius 2 is 2.25 bits per heavy atom. The Morgan fingerprint density at radius 1 is 1.56 bits per heavy atom. The van der Waals surface area contributed by atoms with Crippen molar-refractivity contribution in [2.45, 2.75) is 6.04 Å². The van der Waals surface area contributed by atoms with Gasteiger partial charge in [-0.25, -0.2) is 0 Å². The highest BCUT2D eigenvalue weighted by molar-refractivity contribution is 9.10. The quantitative estimate of drug-likeness (QED) is 0.715. The molecule has 0 unspecified atom stereocenters. The number of aliphatic carboxylic acids is 1. The summed E-state index contributed by atoms with van der Waals surface area (Å²) < 4.78 is 0.592. The van der Waals surface area contributed by atoms with Crippen molar-refractivity contribution >= 4 is 27.8 Å². The number of pyridine rings is 1. The summed E-state index contributed by atoms with van der Waals surface area (Å²) in [7, 11) is 0. The molecule has 1 amide bonds. The molecule has 0 aromatic carbocycles. The molecule has 0 fully saturated rings. The zero-order valence-electron chi connectivity index (χ0n) is 8.01. The maximum Gasteiger partial charge on any atom is 0.253 e. The minimum absolute atomic E-state index is 0.189. The second kappa shape index (κ2) is 5.57. The van der Waals surface area contributed by atoms with Gasteiger partial charge in [-0.15, -0.1) is 0 Å². The van der Waals surface area contributed by atoms with Gasteiger partial charge in [0.2, 0.25) is 0 Å². The molecule has 6 nitrogen and oxygen atoms in total. The van der Waals surface area contributed by atoms with Crippen LogP contribution in [0.25, 0.3) is 0 Å². The minimum atomic E-state index is -1.54. The fourth-order valence-corrected chi connectivity index (χ4v) is 1.32. The van der Waals surface area contributed by atoms with Crippen LogP contribution in [0.3, 0.4) is 0 Å². The van der Waals surface area contributed by atoms with E-state index in [2.05, 4.69) is 26.2 Å². The number of aliphatic hydroxyl groups is 1. The third-order valence-electron chi connectivity index (χ3n) is 1.74. The molecule has 1 atom stereocenters. The first-order valence-corrected chi connectivity index (χ1v) is 5.07. The monoisotopic (exact) mass is 287 g/mol. The molecule has 1 aromatic heterocycles.